The third kappa shape index (κ3) is 3.31. The van der Waals surface area contributed by atoms with Crippen molar-refractivity contribution in [1.82, 2.24) is 9.80 Å². The summed E-state index contributed by atoms with van der Waals surface area (Å²) in [5.41, 5.74) is 0.651. The summed E-state index contributed by atoms with van der Waals surface area (Å²) in [4.78, 5) is 15.2. The first-order chi connectivity index (χ1) is 9.47. The molecule has 110 valence electrons. The molecule has 6 heteroatoms. The second-order valence-corrected chi connectivity index (χ2v) is 5.25. The lowest BCUT2D eigenvalue weighted by Crippen LogP contribution is -2.46. The van der Waals surface area contributed by atoms with E-state index in [0.29, 0.717) is 18.8 Å². The van der Waals surface area contributed by atoms with Crippen LogP contribution in [0.4, 0.5) is 14.9 Å². The van der Waals surface area contributed by atoms with Gasteiger partial charge in [-0.3, -0.25) is 0 Å². The van der Waals surface area contributed by atoms with Crippen molar-refractivity contribution >= 4 is 11.7 Å². The zero-order chi connectivity index (χ0) is 14.7. The second kappa shape index (κ2) is 5.98. The van der Waals surface area contributed by atoms with Gasteiger partial charge in [0.1, 0.15) is 0 Å². The van der Waals surface area contributed by atoms with Gasteiger partial charge in [-0.05, 0) is 25.0 Å². The predicted octanol–water partition coefficient (Wildman–Crippen LogP) is 2.09. The van der Waals surface area contributed by atoms with Crippen LogP contribution in [0.1, 0.15) is 12.8 Å². The van der Waals surface area contributed by atoms with Crippen LogP contribution in [0.25, 0.3) is 0 Å². The maximum Gasteiger partial charge on any atom is 0.319 e. The minimum absolute atomic E-state index is 0.0270. The summed E-state index contributed by atoms with van der Waals surface area (Å²) < 4.78 is 13.2. The highest BCUT2D eigenvalue weighted by Gasteiger charge is 2.23. The van der Waals surface area contributed by atoms with Gasteiger partial charge in [-0.2, -0.15) is 0 Å². The van der Waals surface area contributed by atoms with E-state index in [9.17, 15) is 9.18 Å². The molecular weight excluding hydrogens is 261 g/mol. The van der Waals surface area contributed by atoms with E-state index in [1.54, 1.807) is 25.1 Å². The van der Waals surface area contributed by atoms with Gasteiger partial charge in [-0.25, -0.2) is 9.18 Å². The molecule has 1 aromatic carbocycles. The fourth-order valence-electron chi connectivity index (χ4n) is 2.33. The quantitative estimate of drug-likeness (QED) is 0.816. The van der Waals surface area contributed by atoms with Crippen molar-refractivity contribution in [2.45, 2.75) is 18.9 Å². The molecule has 1 saturated heterocycles. The first-order valence-electron chi connectivity index (χ1n) is 6.68. The number of halogens is 1. The van der Waals surface area contributed by atoms with Gasteiger partial charge in [-0.1, -0.05) is 0 Å². The molecule has 2 rings (SSSR count). The summed E-state index contributed by atoms with van der Waals surface area (Å²) in [5, 5.41) is 12.4. The Labute approximate surface area is 118 Å². The molecular formula is C14H20FN3O2. The van der Waals surface area contributed by atoms with Crippen molar-refractivity contribution in [1.29, 1.82) is 0 Å². The van der Waals surface area contributed by atoms with Crippen LogP contribution in [0.2, 0.25) is 0 Å². The van der Waals surface area contributed by atoms with Crippen LogP contribution >= 0.6 is 0 Å². The Morgan fingerprint density at radius 2 is 2.05 bits per heavy atom. The summed E-state index contributed by atoms with van der Waals surface area (Å²) in [7, 11) is 3.48. The number of piperidine rings is 1. The summed E-state index contributed by atoms with van der Waals surface area (Å²) in [6.07, 6.45) is 1.64. The number of amides is 2. The number of hydrogen-bond donors (Lipinski definition) is 2. The monoisotopic (exact) mass is 281 g/mol. The van der Waals surface area contributed by atoms with Gasteiger partial charge in [-0.15, -0.1) is 0 Å². The van der Waals surface area contributed by atoms with Gasteiger partial charge < -0.3 is 20.2 Å². The van der Waals surface area contributed by atoms with Crippen molar-refractivity contribution in [3.05, 3.63) is 24.0 Å². The van der Waals surface area contributed by atoms with Crippen LogP contribution in [0.15, 0.2) is 18.2 Å². The van der Waals surface area contributed by atoms with Crippen molar-refractivity contribution in [3.8, 4) is 5.75 Å². The smallest absolute Gasteiger partial charge is 0.319 e. The molecule has 0 atom stereocenters. The summed E-state index contributed by atoms with van der Waals surface area (Å²) >= 11 is 0. The third-order valence-corrected chi connectivity index (χ3v) is 3.47. The maximum atomic E-state index is 13.2. The standard InChI is InChI=1S/C14H20FN3O2/c1-17(2)14(20)18-7-5-10(6-8-18)16-11-3-4-13(19)12(15)9-11/h3-4,9-10,16,19H,5-8H2,1-2H3. The molecule has 0 unspecified atom stereocenters. The minimum atomic E-state index is -0.629. The highest BCUT2D eigenvalue weighted by Crippen LogP contribution is 2.22. The highest BCUT2D eigenvalue weighted by atomic mass is 19.1. The SMILES string of the molecule is CN(C)C(=O)N1CCC(Nc2ccc(O)c(F)c2)CC1. The number of aromatic hydroxyl groups is 1. The molecule has 0 saturated carbocycles. The van der Waals surface area contributed by atoms with Gasteiger partial charge in [0, 0.05) is 45.0 Å². The van der Waals surface area contributed by atoms with Crippen molar-refractivity contribution in [2.24, 2.45) is 0 Å². The van der Waals surface area contributed by atoms with Crippen LogP contribution in [-0.4, -0.2) is 54.2 Å². The lowest BCUT2D eigenvalue weighted by atomic mass is 10.0. The number of nitrogens with zero attached hydrogens (tertiary/aromatic N) is 2. The second-order valence-electron chi connectivity index (χ2n) is 5.25. The molecule has 0 spiro atoms. The number of carbonyl (C=O) groups excluding carboxylic acids is 1. The number of benzene rings is 1. The van der Waals surface area contributed by atoms with Gasteiger partial charge in [0.05, 0.1) is 0 Å². The van der Waals surface area contributed by atoms with E-state index in [1.807, 2.05) is 4.90 Å². The summed E-state index contributed by atoms with van der Waals surface area (Å²) in [5.74, 6) is -0.975. The van der Waals surface area contributed by atoms with Crippen LogP contribution in [0.3, 0.4) is 0 Å². The average Bonchev–Trinajstić information content (AvgIpc) is 2.43. The van der Waals surface area contributed by atoms with E-state index in [2.05, 4.69) is 5.32 Å². The number of urea groups is 1. The van der Waals surface area contributed by atoms with Crippen LogP contribution < -0.4 is 5.32 Å². The van der Waals surface area contributed by atoms with Crippen LogP contribution in [0.5, 0.6) is 5.75 Å². The van der Waals surface area contributed by atoms with Gasteiger partial charge in [0.25, 0.3) is 0 Å². The molecule has 1 aromatic rings. The zero-order valence-electron chi connectivity index (χ0n) is 11.8. The molecule has 1 fully saturated rings. The van der Waals surface area contributed by atoms with E-state index < -0.39 is 5.82 Å². The molecule has 0 bridgehead atoms. The Hall–Kier alpha value is -1.98. The summed E-state index contributed by atoms with van der Waals surface area (Å²) in [6, 6.07) is 4.51. The molecule has 0 aromatic heterocycles. The van der Waals surface area contributed by atoms with E-state index >= 15 is 0 Å². The van der Waals surface area contributed by atoms with Crippen LogP contribution in [-0.2, 0) is 0 Å². The molecule has 2 N–H and O–H groups in total. The molecule has 5 nitrogen and oxygen atoms in total. The fourth-order valence-corrected chi connectivity index (χ4v) is 2.33. The number of phenols is 1. The predicted molar refractivity (Wildman–Crippen MR) is 75.4 cm³/mol. The Kier molecular flexibility index (Phi) is 4.32. The van der Waals surface area contributed by atoms with E-state index in [4.69, 9.17) is 5.11 Å². The fraction of sp³-hybridized carbons (Fsp3) is 0.500. The van der Waals surface area contributed by atoms with Crippen molar-refractivity contribution in [2.75, 3.05) is 32.5 Å². The molecule has 20 heavy (non-hydrogen) atoms. The van der Waals surface area contributed by atoms with Crippen molar-refractivity contribution in [3.63, 3.8) is 0 Å². The number of phenolic OH excluding ortho intramolecular Hbond substituents is 1. The first-order valence-corrected chi connectivity index (χ1v) is 6.68. The number of anilines is 1. The molecule has 1 aliphatic rings. The molecule has 1 heterocycles. The lowest BCUT2D eigenvalue weighted by molar-refractivity contribution is 0.158. The first kappa shape index (κ1) is 14.4. The normalized spacial score (nSPS) is 16.1. The minimum Gasteiger partial charge on any atom is -0.505 e. The Bertz CT molecular complexity index is 485. The van der Waals surface area contributed by atoms with E-state index in [0.717, 1.165) is 12.8 Å². The van der Waals surface area contributed by atoms with Gasteiger partial charge in [0.15, 0.2) is 11.6 Å². The average molecular weight is 281 g/mol. The number of nitrogens with one attached hydrogen (secondary N) is 1. The van der Waals surface area contributed by atoms with Crippen LogP contribution in [0, 0.1) is 5.82 Å². The Balaban J connectivity index is 1.88. The highest BCUT2D eigenvalue weighted by molar-refractivity contribution is 5.73. The number of carbonyl (C=O) groups is 1. The Morgan fingerprint density at radius 3 is 2.60 bits per heavy atom. The van der Waals surface area contributed by atoms with Gasteiger partial charge in [0.2, 0.25) is 0 Å². The van der Waals surface area contributed by atoms with Gasteiger partial charge >= 0.3 is 6.03 Å². The number of likely N-dealkylation sites (tertiary alicyclic amines) is 1. The van der Waals surface area contributed by atoms with E-state index in [-0.39, 0.29) is 17.8 Å². The molecule has 0 aliphatic carbocycles. The van der Waals surface area contributed by atoms with Crippen molar-refractivity contribution < 1.29 is 14.3 Å². The van der Waals surface area contributed by atoms with E-state index in [1.165, 1.54) is 12.1 Å². The maximum absolute atomic E-state index is 13.2. The molecule has 2 amide bonds. The zero-order valence-corrected chi connectivity index (χ0v) is 11.8. The summed E-state index contributed by atoms with van der Waals surface area (Å²) in [6.45, 7) is 1.38. The number of hydrogen-bond acceptors (Lipinski definition) is 3. The molecule has 0 radical (unpaired) electrons. The molecule has 1 aliphatic heterocycles. The Morgan fingerprint density at radius 1 is 1.40 bits per heavy atom. The lowest BCUT2D eigenvalue weighted by Gasteiger charge is -2.34. The topological polar surface area (TPSA) is 55.8 Å². The third-order valence-electron chi connectivity index (χ3n) is 3.47. The number of rotatable bonds is 2. The largest absolute Gasteiger partial charge is 0.505 e.